The Balaban J connectivity index is 2.11. The van der Waals surface area contributed by atoms with Crippen LogP contribution in [0.15, 0.2) is 34.3 Å². The SMILES string of the molecule is CC1CCN(S(=O)(=O)c2ccc(N/N=C(\C#N)C(N)=S)cc2)CC1. The van der Waals surface area contributed by atoms with E-state index in [9.17, 15) is 8.42 Å². The van der Waals surface area contributed by atoms with Crippen LogP contribution >= 0.6 is 12.2 Å². The van der Waals surface area contributed by atoms with Gasteiger partial charge in [0.25, 0.3) is 0 Å². The Bertz CT molecular complexity index is 773. The number of piperidine rings is 1. The molecule has 1 aromatic carbocycles. The number of rotatable bonds is 5. The number of anilines is 1. The molecule has 24 heavy (non-hydrogen) atoms. The molecule has 1 aromatic rings. The highest BCUT2D eigenvalue weighted by atomic mass is 32.2. The highest BCUT2D eigenvalue weighted by Gasteiger charge is 2.27. The Morgan fingerprint density at radius 3 is 2.46 bits per heavy atom. The van der Waals surface area contributed by atoms with Crippen molar-refractivity contribution in [2.75, 3.05) is 18.5 Å². The van der Waals surface area contributed by atoms with Crippen molar-refractivity contribution < 1.29 is 8.42 Å². The quantitative estimate of drug-likeness (QED) is 0.466. The predicted octanol–water partition coefficient (Wildman–Crippen LogP) is 1.68. The summed E-state index contributed by atoms with van der Waals surface area (Å²) in [6, 6.07) is 7.96. The molecule has 9 heteroatoms. The summed E-state index contributed by atoms with van der Waals surface area (Å²) in [5.41, 5.74) is 8.41. The molecule has 128 valence electrons. The molecule has 0 bridgehead atoms. The summed E-state index contributed by atoms with van der Waals surface area (Å²) in [4.78, 5) is 0.130. The number of thiocarbonyl (C=S) groups is 1. The Kier molecular flexibility index (Phi) is 5.88. The van der Waals surface area contributed by atoms with Crippen molar-refractivity contribution in [2.24, 2.45) is 16.8 Å². The molecule has 1 heterocycles. The minimum absolute atomic E-state index is 0.0934. The second-order valence-electron chi connectivity index (χ2n) is 5.66. The maximum Gasteiger partial charge on any atom is 0.243 e. The zero-order chi connectivity index (χ0) is 17.7. The van der Waals surface area contributed by atoms with Crippen LogP contribution in [-0.2, 0) is 10.0 Å². The monoisotopic (exact) mass is 365 g/mol. The number of benzene rings is 1. The van der Waals surface area contributed by atoms with Crippen molar-refractivity contribution in [3.8, 4) is 6.07 Å². The van der Waals surface area contributed by atoms with E-state index in [-0.39, 0.29) is 15.6 Å². The summed E-state index contributed by atoms with van der Waals surface area (Å²) in [7, 11) is -3.47. The summed E-state index contributed by atoms with van der Waals surface area (Å²) < 4.78 is 26.7. The Labute approximate surface area is 147 Å². The molecule has 0 spiro atoms. The van der Waals surface area contributed by atoms with Crippen molar-refractivity contribution in [3.63, 3.8) is 0 Å². The van der Waals surface area contributed by atoms with Crippen molar-refractivity contribution in [1.29, 1.82) is 5.26 Å². The van der Waals surface area contributed by atoms with Crippen molar-refractivity contribution in [3.05, 3.63) is 24.3 Å². The zero-order valence-electron chi connectivity index (χ0n) is 13.3. The number of hydrazone groups is 1. The summed E-state index contributed by atoms with van der Waals surface area (Å²) in [5.74, 6) is 0.559. The molecular formula is C15H19N5O2S2. The lowest BCUT2D eigenvalue weighted by Gasteiger charge is -2.29. The molecule has 0 unspecified atom stereocenters. The van der Waals surface area contributed by atoms with Gasteiger partial charge in [-0.15, -0.1) is 0 Å². The highest BCUT2D eigenvalue weighted by Crippen LogP contribution is 2.24. The van der Waals surface area contributed by atoms with Crippen LogP contribution in [0.5, 0.6) is 0 Å². The molecule has 0 saturated carbocycles. The smallest absolute Gasteiger partial charge is 0.243 e. The molecular weight excluding hydrogens is 346 g/mol. The van der Waals surface area contributed by atoms with Crippen molar-refractivity contribution in [1.82, 2.24) is 4.31 Å². The van der Waals surface area contributed by atoms with Gasteiger partial charge in [-0.1, -0.05) is 19.1 Å². The van der Waals surface area contributed by atoms with Crippen molar-refractivity contribution in [2.45, 2.75) is 24.7 Å². The second kappa shape index (κ2) is 7.70. The fourth-order valence-corrected chi connectivity index (χ4v) is 3.89. The highest BCUT2D eigenvalue weighted by molar-refractivity contribution is 7.89. The second-order valence-corrected chi connectivity index (χ2v) is 8.04. The molecule has 1 aliphatic heterocycles. The average Bonchev–Trinajstić information content (AvgIpc) is 2.56. The first-order valence-electron chi connectivity index (χ1n) is 7.48. The Morgan fingerprint density at radius 2 is 1.96 bits per heavy atom. The molecule has 0 amide bonds. The van der Waals surface area contributed by atoms with Gasteiger partial charge in [-0.25, -0.2) is 8.42 Å². The summed E-state index contributed by atoms with van der Waals surface area (Å²) in [6.45, 7) is 3.23. The van der Waals surface area contributed by atoms with Crippen LogP contribution < -0.4 is 11.2 Å². The number of hydrogen-bond donors (Lipinski definition) is 2. The maximum absolute atomic E-state index is 12.6. The van der Waals surface area contributed by atoms with Crippen LogP contribution in [0.4, 0.5) is 5.69 Å². The fourth-order valence-electron chi connectivity index (χ4n) is 2.33. The topological polar surface area (TPSA) is 112 Å². The third kappa shape index (κ3) is 4.29. The van der Waals surface area contributed by atoms with E-state index in [1.165, 1.54) is 16.4 Å². The van der Waals surface area contributed by atoms with Gasteiger partial charge in [0.1, 0.15) is 11.1 Å². The van der Waals surface area contributed by atoms with E-state index in [2.05, 4.69) is 29.7 Å². The molecule has 0 atom stereocenters. The van der Waals surface area contributed by atoms with Crippen LogP contribution in [0, 0.1) is 17.2 Å². The van der Waals surface area contributed by atoms with Gasteiger partial charge in [-0.3, -0.25) is 5.43 Å². The van der Waals surface area contributed by atoms with Gasteiger partial charge < -0.3 is 5.73 Å². The largest absolute Gasteiger partial charge is 0.387 e. The van der Waals surface area contributed by atoms with Gasteiger partial charge in [0, 0.05) is 13.1 Å². The lowest BCUT2D eigenvalue weighted by molar-refractivity contribution is 0.288. The van der Waals surface area contributed by atoms with E-state index in [0.717, 1.165) is 12.8 Å². The number of hydrogen-bond acceptors (Lipinski definition) is 6. The number of nitriles is 1. The van der Waals surface area contributed by atoms with Crippen LogP contribution in [0.3, 0.4) is 0 Å². The summed E-state index contributed by atoms with van der Waals surface area (Å²) in [5, 5.41) is 12.6. The third-order valence-electron chi connectivity index (χ3n) is 3.87. The van der Waals surface area contributed by atoms with E-state index >= 15 is 0 Å². The third-order valence-corrected chi connectivity index (χ3v) is 5.98. The molecule has 1 fully saturated rings. The molecule has 7 nitrogen and oxygen atoms in total. The molecule has 0 radical (unpaired) electrons. The number of nitrogens with zero attached hydrogens (tertiary/aromatic N) is 3. The zero-order valence-corrected chi connectivity index (χ0v) is 14.9. The minimum Gasteiger partial charge on any atom is -0.387 e. The van der Waals surface area contributed by atoms with Gasteiger partial charge in [-0.2, -0.15) is 14.7 Å². The van der Waals surface area contributed by atoms with Crippen LogP contribution in [0.25, 0.3) is 0 Å². The van der Waals surface area contributed by atoms with Crippen LogP contribution in [-0.4, -0.2) is 36.5 Å². The standard InChI is InChI=1S/C15H19N5O2S2/c1-11-6-8-20(9-7-11)24(21,22)13-4-2-12(3-5-13)18-19-14(10-16)15(17)23/h2-5,11,18H,6-9H2,1H3,(H2,17,23)/b19-14+. The first kappa shape index (κ1) is 18.3. The summed E-state index contributed by atoms with van der Waals surface area (Å²) in [6.07, 6.45) is 1.76. The van der Waals surface area contributed by atoms with E-state index in [0.29, 0.717) is 24.7 Å². The van der Waals surface area contributed by atoms with E-state index in [1.54, 1.807) is 18.2 Å². The average molecular weight is 365 g/mol. The lowest BCUT2D eigenvalue weighted by atomic mass is 10.0. The Hall–Kier alpha value is -2.02. The molecule has 2 rings (SSSR count). The van der Waals surface area contributed by atoms with Gasteiger partial charge >= 0.3 is 0 Å². The van der Waals surface area contributed by atoms with Gasteiger partial charge in [0.05, 0.1) is 10.6 Å². The minimum atomic E-state index is -3.47. The van der Waals surface area contributed by atoms with Crippen LogP contribution in [0.1, 0.15) is 19.8 Å². The Morgan fingerprint density at radius 1 is 1.38 bits per heavy atom. The number of nitrogens with one attached hydrogen (secondary N) is 1. The van der Waals surface area contributed by atoms with E-state index in [4.69, 9.17) is 11.0 Å². The maximum atomic E-state index is 12.6. The number of nitrogens with two attached hydrogens (primary N) is 1. The molecule has 1 saturated heterocycles. The van der Waals surface area contributed by atoms with Crippen LogP contribution in [0.2, 0.25) is 0 Å². The van der Waals surface area contributed by atoms with E-state index in [1.807, 2.05) is 0 Å². The summed E-state index contributed by atoms with van der Waals surface area (Å²) >= 11 is 4.68. The fraction of sp³-hybridized carbons (Fsp3) is 0.400. The normalized spacial score (nSPS) is 17.2. The van der Waals surface area contributed by atoms with E-state index < -0.39 is 10.0 Å². The molecule has 3 N–H and O–H groups in total. The molecule has 0 aromatic heterocycles. The van der Waals surface area contributed by atoms with Gasteiger partial charge in [0.15, 0.2) is 5.71 Å². The van der Waals surface area contributed by atoms with Gasteiger partial charge in [-0.05, 0) is 43.0 Å². The molecule has 0 aliphatic carbocycles. The lowest BCUT2D eigenvalue weighted by Crippen LogP contribution is -2.37. The van der Waals surface area contributed by atoms with Gasteiger partial charge in [0.2, 0.25) is 10.0 Å². The predicted molar refractivity (Wildman–Crippen MR) is 97.1 cm³/mol. The van der Waals surface area contributed by atoms with Crippen molar-refractivity contribution >= 4 is 38.6 Å². The first-order valence-corrected chi connectivity index (χ1v) is 9.33. The number of sulfonamides is 1. The first-order chi connectivity index (χ1) is 11.3. The molecule has 1 aliphatic rings.